The zero-order valence-electron chi connectivity index (χ0n) is 14.0. The third-order valence-corrected chi connectivity index (χ3v) is 4.62. The van der Waals surface area contributed by atoms with Gasteiger partial charge in [-0.15, -0.1) is 5.10 Å². The molecule has 0 bridgehead atoms. The molecule has 0 radical (unpaired) electrons. The minimum atomic E-state index is -0.978. The Morgan fingerprint density at radius 3 is 2.26 bits per heavy atom. The molecule has 0 atom stereocenters. The molecular formula is C19H15F2N3O2S. The molecule has 2 aromatic carbocycles. The number of thioether (sulfide) groups is 1. The maximum absolute atomic E-state index is 13.0. The van der Waals surface area contributed by atoms with Gasteiger partial charge in [-0.1, -0.05) is 36.0 Å². The lowest BCUT2D eigenvalue weighted by Crippen LogP contribution is -2.30. The molecule has 1 heterocycles. The van der Waals surface area contributed by atoms with Crippen LogP contribution in [0.4, 0.5) is 8.78 Å². The summed E-state index contributed by atoms with van der Waals surface area (Å²) in [5, 5.41) is 17.6. The van der Waals surface area contributed by atoms with Crippen molar-refractivity contribution in [3.05, 3.63) is 76.2 Å². The van der Waals surface area contributed by atoms with E-state index in [9.17, 15) is 13.6 Å². The van der Waals surface area contributed by atoms with Crippen LogP contribution in [0, 0.1) is 11.6 Å². The van der Waals surface area contributed by atoms with Crippen LogP contribution in [-0.4, -0.2) is 40.4 Å². The largest absolute Gasteiger partial charge is 0.480 e. The van der Waals surface area contributed by atoms with Gasteiger partial charge in [0, 0.05) is 4.91 Å². The molecule has 5 nitrogen and oxygen atoms in total. The molecular weight excluding hydrogens is 372 g/mol. The van der Waals surface area contributed by atoms with E-state index in [1.165, 1.54) is 42.2 Å². The van der Waals surface area contributed by atoms with Gasteiger partial charge >= 0.3 is 5.97 Å². The van der Waals surface area contributed by atoms with Crippen LogP contribution in [0.5, 0.6) is 0 Å². The normalized spacial score (nSPS) is 17.3. The quantitative estimate of drug-likeness (QED) is 0.626. The lowest BCUT2D eigenvalue weighted by Gasteiger charge is -2.12. The standard InChI is InChI=1S/C19H15F2N3O2S/c20-15-5-1-13(2-6-15)9-17-11-24(12-18(25)26)19(27-17)23-22-10-14-3-7-16(21)8-4-14/h1-10H,11-12H2,(H,25,26). The SMILES string of the molecule is O=C(O)CN1CC(=Cc2ccc(F)cc2)SC1=NN=Cc1ccc(F)cc1. The monoisotopic (exact) mass is 387 g/mol. The number of carboxylic acids is 1. The Balaban J connectivity index is 1.77. The first-order valence-electron chi connectivity index (χ1n) is 7.97. The van der Waals surface area contributed by atoms with E-state index in [4.69, 9.17) is 5.11 Å². The minimum Gasteiger partial charge on any atom is -0.480 e. The van der Waals surface area contributed by atoms with E-state index in [-0.39, 0.29) is 18.2 Å². The summed E-state index contributed by atoms with van der Waals surface area (Å²) < 4.78 is 25.9. The van der Waals surface area contributed by atoms with Crippen LogP contribution in [0.3, 0.4) is 0 Å². The van der Waals surface area contributed by atoms with Gasteiger partial charge < -0.3 is 10.0 Å². The number of carbonyl (C=O) groups is 1. The summed E-state index contributed by atoms with van der Waals surface area (Å²) in [7, 11) is 0. The molecule has 1 N–H and O–H groups in total. The second-order valence-electron chi connectivity index (χ2n) is 5.69. The van der Waals surface area contributed by atoms with Crippen molar-refractivity contribution in [3.8, 4) is 0 Å². The number of aliphatic carboxylic acids is 1. The number of hydrogen-bond acceptors (Lipinski definition) is 4. The van der Waals surface area contributed by atoms with Gasteiger partial charge in [0.15, 0.2) is 5.17 Å². The fourth-order valence-corrected chi connectivity index (χ4v) is 3.35. The van der Waals surface area contributed by atoms with Gasteiger partial charge in [0.25, 0.3) is 0 Å². The second kappa shape index (κ2) is 8.59. The first kappa shape index (κ1) is 18.8. The highest BCUT2D eigenvalue weighted by Gasteiger charge is 2.26. The van der Waals surface area contributed by atoms with Crippen LogP contribution >= 0.6 is 11.8 Å². The van der Waals surface area contributed by atoms with Crippen molar-refractivity contribution in [1.82, 2.24) is 4.90 Å². The van der Waals surface area contributed by atoms with E-state index < -0.39 is 5.97 Å². The van der Waals surface area contributed by atoms with Crippen molar-refractivity contribution in [3.63, 3.8) is 0 Å². The number of nitrogens with zero attached hydrogens (tertiary/aromatic N) is 3. The van der Waals surface area contributed by atoms with Crippen LogP contribution in [0.25, 0.3) is 6.08 Å². The van der Waals surface area contributed by atoms with Gasteiger partial charge in [-0.3, -0.25) is 4.79 Å². The number of rotatable bonds is 5. The zero-order valence-corrected chi connectivity index (χ0v) is 14.9. The molecule has 0 spiro atoms. The second-order valence-corrected chi connectivity index (χ2v) is 6.79. The van der Waals surface area contributed by atoms with E-state index in [0.29, 0.717) is 17.3 Å². The molecule has 1 aliphatic heterocycles. The van der Waals surface area contributed by atoms with Crippen molar-refractivity contribution in [2.45, 2.75) is 0 Å². The highest BCUT2D eigenvalue weighted by molar-refractivity contribution is 8.17. The van der Waals surface area contributed by atoms with Crippen molar-refractivity contribution >= 4 is 35.2 Å². The molecule has 0 unspecified atom stereocenters. The Kier molecular flexibility index (Phi) is 5.97. The first-order valence-corrected chi connectivity index (χ1v) is 8.78. The summed E-state index contributed by atoms with van der Waals surface area (Å²) in [4.78, 5) is 13.6. The highest BCUT2D eigenvalue weighted by atomic mass is 32.2. The Bertz CT molecular complexity index is 910. The van der Waals surface area contributed by atoms with Gasteiger partial charge in [-0.05, 0) is 41.5 Å². The Hall–Kier alpha value is -3.00. The molecule has 27 heavy (non-hydrogen) atoms. The fourth-order valence-electron chi connectivity index (χ4n) is 2.35. The van der Waals surface area contributed by atoms with Gasteiger partial charge in [0.05, 0.1) is 12.8 Å². The molecule has 3 rings (SSSR count). The van der Waals surface area contributed by atoms with Crippen molar-refractivity contribution < 1.29 is 18.7 Å². The summed E-state index contributed by atoms with van der Waals surface area (Å²) in [6, 6.07) is 11.8. The molecule has 8 heteroatoms. The van der Waals surface area contributed by atoms with Crippen LogP contribution in [-0.2, 0) is 4.79 Å². The summed E-state index contributed by atoms with van der Waals surface area (Å²) >= 11 is 1.30. The first-order chi connectivity index (χ1) is 13.0. The Morgan fingerprint density at radius 2 is 1.67 bits per heavy atom. The molecule has 0 amide bonds. The van der Waals surface area contributed by atoms with E-state index in [0.717, 1.165) is 10.5 Å². The van der Waals surface area contributed by atoms with E-state index in [1.807, 2.05) is 6.08 Å². The average molecular weight is 387 g/mol. The van der Waals surface area contributed by atoms with Crippen molar-refractivity contribution in [2.75, 3.05) is 13.1 Å². The Labute approximate surface area is 158 Å². The average Bonchev–Trinajstić information content (AvgIpc) is 2.99. The minimum absolute atomic E-state index is 0.210. The smallest absolute Gasteiger partial charge is 0.323 e. The van der Waals surface area contributed by atoms with Crippen molar-refractivity contribution in [2.24, 2.45) is 10.2 Å². The molecule has 1 saturated heterocycles. The van der Waals surface area contributed by atoms with Gasteiger partial charge in [0.2, 0.25) is 0 Å². The van der Waals surface area contributed by atoms with E-state index >= 15 is 0 Å². The lowest BCUT2D eigenvalue weighted by molar-refractivity contribution is -0.137. The van der Waals surface area contributed by atoms with E-state index in [1.54, 1.807) is 29.2 Å². The van der Waals surface area contributed by atoms with Crippen LogP contribution in [0.15, 0.2) is 63.6 Å². The number of amidine groups is 1. The molecule has 1 fully saturated rings. The van der Waals surface area contributed by atoms with Crippen LogP contribution in [0.2, 0.25) is 0 Å². The van der Waals surface area contributed by atoms with Gasteiger partial charge in [-0.2, -0.15) is 5.10 Å². The summed E-state index contributed by atoms with van der Waals surface area (Å²) in [6.07, 6.45) is 3.32. The maximum Gasteiger partial charge on any atom is 0.323 e. The maximum atomic E-state index is 13.0. The zero-order chi connectivity index (χ0) is 19.2. The summed E-state index contributed by atoms with van der Waals surface area (Å²) in [5.74, 6) is -1.64. The lowest BCUT2D eigenvalue weighted by atomic mass is 10.2. The molecule has 0 saturated carbocycles. The van der Waals surface area contributed by atoms with Gasteiger partial charge in [-0.25, -0.2) is 8.78 Å². The molecule has 1 aliphatic rings. The van der Waals surface area contributed by atoms with Gasteiger partial charge in [0.1, 0.15) is 18.2 Å². The third kappa shape index (κ3) is 5.49. The number of carboxylic acid groups (broad SMARTS) is 1. The summed E-state index contributed by atoms with van der Waals surface area (Å²) in [5.41, 5.74) is 1.49. The predicted octanol–water partition coefficient (Wildman–Crippen LogP) is 3.83. The Morgan fingerprint density at radius 1 is 1.07 bits per heavy atom. The molecule has 0 aromatic heterocycles. The van der Waals surface area contributed by atoms with Crippen LogP contribution < -0.4 is 0 Å². The highest BCUT2D eigenvalue weighted by Crippen LogP contribution is 2.31. The number of benzene rings is 2. The summed E-state index contributed by atoms with van der Waals surface area (Å²) in [6.45, 7) is 0.165. The van der Waals surface area contributed by atoms with Crippen molar-refractivity contribution in [1.29, 1.82) is 0 Å². The number of hydrogen-bond donors (Lipinski definition) is 1. The molecule has 0 aliphatic carbocycles. The fraction of sp³-hybridized carbons (Fsp3) is 0.105. The van der Waals surface area contributed by atoms with Crippen LogP contribution in [0.1, 0.15) is 11.1 Å². The molecule has 138 valence electrons. The third-order valence-electron chi connectivity index (χ3n) is 3.58. The number of halogens is 2. The van der Waals surface area contributed by atoms with E-state index in [2.05, 4.69) is 10.2 Å². The molecule has 2 aromatic rings. The predicted molar refractivity (Wildman–Crippen MR) is 103 cm³/mol. The topological polar surface area (TPSA) is 65.3 Å².